The number of esters is 1. The predicted molar refractivity (Wildman–Crippen MR) is 118 cm³/mol. The molecule has 0 saturated heterocycles. The van der Waals surface area contributed by atoms with Crippen LogP contribution in [0.15, 0.2) is 54.6 Å². The second kappa shape index (κ2) is 9.93. The molecule has 7 heteroatoms. The Balaban J connectivity index is 1.55. The van der Waals surface area contributed by atoms with E-state index in [4.69, 9.17) is 9.47 Å². The van der Waals surface area contributed by atoms with Crippen LogP contribution in [0.4, 0.5) is 5.69 Å². The highest BCUT2D eigenvalue weighted by molar-refractivity contribution is 5.96. The average Bonchev–Trinajstić information content (AvgIpc) is 2.99. The molecule has 0 spiro atoms. The zero-order valence-corrected chi connectivity index (χ0v) is 18.2. The number of hydrogen-bond acceptors (Lipinski definition) is 5. The highest BCUT2D eigenvalue weighted by Gasteiger charge is 2.21. The van der Waals surface area contributed by atoms with Gasteiger partial charge in [0.25, 0.3) is 5.91 Å². The van der Waals surface area contributed by atoms with Crippen molar-refractivity contribution >= 4 is 17.6 Å². The van der Waals surface area contributed by atoms with Crippen LogP contribution >= 0.6 is 0 Å². The molecule has 0 aliphatic rings. The van der Waals surface area contributed by atoms with Gasteiger partial charge in [0.15, 0.2) is 12.7 Å². The van der Waals surface area contributed by atoms with Gasteiger partial charge >= 0.3 is 5.97 Å². The smallest absolute Gasteiger partial charge is 0.344 e. The van der Waals surface area contributed by atoms with Crippen LogP contribution in [0.3, 0.4) is 0 Å². The SMILES string of the molecule is Cc1nn(C)c(C)c1NC(=O)[C@@H](C)OC(=O)COc1ccccc1Cc1ccccc1. The number of nitrogens with zero attached hydrogens (tertiary/aromatic N) is 2. The van der Waals surface area contributed by atoms with E-state index in [9.17, 15) is 9.59 Å². The molecule has 0 aliphatic heterocycles. The summed E-state index contributed by atoms with van der Waals surface area (Å²) in [7, 11) is 1.80. The lowest BCUT2D eigenvalue weighted by Crippen LogP contribution is -2.32. The van der Waals surface area contributed by atoms with Crippen LogP contribution in [-0.2, 0) is 27.8 Å². The van der Waals surface area contributed by atoms with E-state index < -0.39 is 18.0 Å². The summed E-state index contributed by atoms with van der Waals surface area (Å²) in [5.74, 6) is -0.421. The maximum absolute atomic E-state index is 12.4. The van der Waals surface area contributed by atoms with Gasteiger partial charge in [-0.3, -0.25) is 9.48 Å². The molecule has 3 rings (SSSR count). The van der Waals surface area contributed by atoms with Crippen LogP contribution in [0, 0.1) is 13.8 Å². The summed E-state index contributed by atoms with van der Waals surface area (Å²) in [5.41, 5.74) is 4.26. The average molecular weight is 421 g/mol. The minimum Gasteiger partial charge on any atom is -0.482 e. The Kier molecular flexibility index (Phi) is 7.07. The quantitative estimate of drug-likeness (QED) is 0.562. The number of rotatable bonds is 8. The zero-order chi connectivity index (χ0) is 22.4. The van der Waals surface area contributed by atoms with Crippen LogP contribution < -0.4 is 10.1 Å². The molecule has 0 fully saturated rings. The highest BCUT2D eigenvalue weighted by Crippen LogP contribution is 2.22. The van der Waals surface area contributed by atoms with Crippen LogP contribution in [0.5, 0.6) is 5.75 Å². The molecule has 31 heavy (non-hydrogen) atoms. The molecule has 162 valence electrons. The van der Waals surface area contributed by atoms with E-state index in [-0.39, 0.29) is 6.61 Å². The largest absolute Gasteiger partial charge is 0.482 e. The first-order valence-corrected chi connectivity index (χ1v) is 10.1. The maximum Gasteiger partial charge on any atom is 0.344 e. The van der Waals surface area contributed by atoms with Crippen molar-refractivity contribution in [3.63, 3.8) is 0 Å². The molecule has 1 aromatic heterocycles. The minimum atomic E-state index is -0.963. The van der Waals surface area contributed by atoms with Crippen molar-refractivity contribution in [1.82, 2.24) is 9.78 Å². The van der Waals surface area contributed by atoms with Crippen LogP contribution in [0.1, 0.15) is 29.4 Å². The lowest BCUT2D eigenvalue weighted by molar-refractivity contribution is -0.155. The molecule has 0 saturated carbocycles. The Hall–Kier alpha value is -3.61. The van der Waals surface area contributed by atoms with Gasteiger partial charge in [0.05, 0.1) is 17.1 Å². The molecule has 0 bridgehead atoms. The number of carbonyl (C=O) groups is 2. The summed E-state index contributed by atoms with van der Waals surface area (Å²) in [6.07, 6.45) is -0.274. The molecule has 2 aromatic carbocycles. The number of hydrogen-bond donors (Lipinski definition) is 1. The van der Waals surface area contributed by atoms with Gasteiger partial charge in [-0.1, -0.05) is 48.5 Å². The molecule has 1 atom stereocenters. The fraction of sp³-hybridized carbons (Fsp3) is 0.292. The fourth-order valence-corrected chi connectivity index (χ4v) is 3.21. The van der Waals surface area contributed by atoms with E-state index in [1.54, 1.807) is 18.7 Å². The molecule has 0 radical (unpaired) electrons. The Bertz CT molecular complexity index is 1060. The number of para-hydroxylation sites is 1. The molecule has 0 unspecified atom stereocenters. The number of anilines is 1. The molecule has 1 heterocycles. The Morgan fingerprint density at radius 2 is 1.74 bits per heavy atom. The van der Waals surface area contributed by atoms with E-state index in [2.05, 4.69) is 10.4 Å². The van der Waals surface area contributed by atoms with Crippen molar-refractivity contribution in [3.8, 4) is 5.75 Å². The lowest BCUT2D eigenvalue weighted by atomic mass is 10.0. The third-order valence-electron chi connectivity index (χ3n) is 4.99. The topological polar surface area (TPSA) is 82.5 Å². The second-order valence-electron chi connectivity index (χ2n) is 7.35. The van der Waals surface area contributed by atoms with Crippen molar-refractivity contribution in [2.45, 2.75) is 33.3 Å². The maximum atomic E-state index is 12.4. The van der Waals surface area contributed by atoms with Crippen molar-refractivity contribution in [2.75, 3.05) is 11.9 Å². The van der Waals surface area contributed by atoms with E-state index >= 15 is 0 Å². The molecule has 0 aliphatic carbocycles. The Labute approximate surface area is 182 Å². The summed E-state index contributed by atoms with van der Waals surface area (Å²) >= 11 is 0. The standard InChI is InChI=1S/C24H27N3O4/c1-16-23(17(2)27(4)26-16)25-24(29)18(3)31-22(28)15-30-21-13-9-8-12-20(21)14-19-10-6-5-7-11-19/h5-13,18H,14-15H2,1-4H3,(H,25,29)/t18-/m1/s1. The molecule has 7 nitrogen and oxygen atoms in total. The number of carbonyl (C=O) groups excluding carboxylic acids is 2. The first-order valence-electron chi connectivity index (χ1n) is 10.1. The van der Waals surface area contributed by atoms with Gasteiger partial charge in [-0.15, -0.1) is 0 Å². The Morgan fingerprint density at radius 3 is 2.42 bits per heavy atom. The van der Waals surface area contributed by atoms with Gasteiger partial charge in [-0.2, -0.15) is 5.10 Å². The summed E-state index contributed by atoms with van der Waals surface area (Å²) in [4.78, 5) is 24.7. The van der Waals surface area contributed by atoms with Crippen LogP contribution in [-0.4, -0.2) is 34.4 Å². The molecular formula is C24H27N3O4. The lowest BCUT2D eigenvalue weighted by Gasteiger charge is -2.15. The second-order valence-corrected chi connectivity index (χ2v) is 7.35. The number of amides is 1. The van der Waals surface area contributed by atoms with E-state index in [1.165, 1.54) is 6.92 Å². The number of aromatic nitrogens is 2. The summed E-state index contributed by atoms with van der Waals surface area (Å²) in [5, 5.41) is 7.03. The number of ether oxygens (including phenoxy) is 2. The normalized spacial score (nSPS) is 11.6. The first kappa shape index (κ1) is 22.1. The number of aryl methyl sites for hydroxylation is 2. The van der Waals surface area contributed by atoms with E-state index in [1.807, 2.05) is 61.5 Å². The van der Waals surface area contributed by atoms with Crippen LogP contribution in [0.2, 0.25) is 0 Å². The first-order chi connectivity index (χ1) is 14.8. The molecule has 3 aromatic rings. The van der Waals surface area contributed by atoms with Crippen molar-refractivity contribution in [2.24, 2.45) is 7.05 Å². The number of nitrogens with one attached hydrogen (secondary N) is 1. The van der Waals surface area contributed by atoms with Gasteiger partial charge in [-0.05, 0) is 38.0 Å². The van der Waals surface area contributed by atoms with Crippen LogP contribution in [0.25, 0.3) is 0 Å². The highest BCUT2D eigenvalue weighted by atomic mass is 16.6. The molecular weight excluding hydrogens is 394 g/mol. The van der Waals surface area contributed by atoms with Gasteiger partial charge in [0, 0.05) is 13.5 Å². The van der Waals surface area contributed by atoms with Gasteiger partial charge in [-0.25, -0.2) is 4.79 Å². The molecule has 1 amide bonds. The van der Waals surface area contributed by atoms with E-state index in [0.29, 0.717) is 23.6 Å². The predicted octanol–water partition coefficient (Wildman–Crippen LogP) is 3.58. The van der Waals surface area contributed by atoms with E-state index in [0.717, 1.165) is 16.8 Å². The third kappa shape index (κ3) is 5.72. The minimum absolute atomic E-state index is 0.283. The third-order valence-corrected chi connectivity index (χ3v) is 4.99. The number of benzene rings is 2. The van der Waals surface area contributed by atoms with Crippen molar-refractivity contribution < 1.29 is 19.1 Å². The molecule has 1 N–H and O–H groups in total. The van der Waals surface area contributed by atoms with Gasteiger partial charge < -0.3 is 14.8 Å². The Morgan fingerprint density at radius 1 is 1.06 bits per heavy atom. The fourth-order valence-electron chi connectivity index (χ4n) is 3.21. The summed E-state index contributed by atoms with van der Waals surface area (Å²) in [6, 6.07) is 17.6. The van der Waals surface area contributed by atoms with Crippen molar-refractivity contribution in [3.05, 3.63) is 77.1 Å². The summed E-state index contributed by atoms with van der Waals surface area (Å²) < 4.78 is 12.6. The van der Waals surface area contributed by atoms with Gasteiger partial charge in [0.2, 0.25) is 0 Å². The van der Waals surface area contributed by atoms with Crippen molar-refractivity contribution in [1.29, 1.82) is 0 Å². The summed E-state index contributed by atoms with van der Waals surface area (Å²) in [6.45, 7) is 4.90. The zero-order valence-electron chi connectivity index (χ0n) is 18.2. The van der Waals surface area contributed by atoms with Gasteiger partial charge in [0.1, 0.15) is 5.75 Å². The monoisotopic (exact) mass is 421 g/mol.